The minimum absolute atomic E-state index is 0.0411. The summed E-state index contributed by atoms with van der Waals surface area (Å²) in [6, 6.07) is -0.0238. The fraction of sp³-hybridized carbons (Fsp3) is 0.882. The van der Waals surface area contributed by atoms with Crippen LogP contribution in [0.5, 0.6) is 0 Å². The number of hydrogen-bond acceptors (Lipinski definition) is 2. The van der Waals surface area contributed by atoms with Crippen molar-refractivity contribution in [2.24, 2.45) is 5.92 Å². The Bertz CT molecular complexity index is 396. The molecular weight excluding hydrogens is 264 g/mol. The summed E-state index contributed by atoms with van der Waals surface area (Å²) in [5.41, 5.74) is -0.675. The van der Waals surface area contributed by atoms with Crippen molar-refractivity contribution in [3.63, 3.8) is 0 Å². The van der Waals surface area contributed by atoms with Gasteiger partial charge in [-0.05, 0) is 50.9 Å². The summed E-state index contributed by atoms with van der Waals surface area (Å²) >= 11 is 0. The van der Waals surface area contributed by atoms with E-state index in [1.807, 2.05) is 25.7 Å². The van der Waals surface area contributed by atoms with Crippen LogP contribution in [0.2, 0.25) is 0 Å². The van der Waals surface area contributed by atoms with E-state index in [2.05, 4.69) is 12.2 Å². The Morgan fingerprint density at radius 3 is 2.14 bits per heavy atom. The first-order chi connectivity index (χ1) is 9.99. The van der Waals surface area contributed by atoms with Gasteiger partial charge >= 0.3 is 0 Å². The largest absolute Gasteiger partial charge is 0.340 e. The standard InChI is InChI=1S/C17H30N2O2/c1-5-14-15(20)18-17(6-2,7-3)16(21)19(14)13-10-8-12(4)9-11-13/h12-14H,5-11H2,1-4H3,(H,18,20). The van der Waals surface area contributed by atoms with Gasteiger partial charge in [-0.2, -0.15) is 0 Å². The Kier molecular flexibility index (Phi) is 4.95. The number of hydrogen-bond donors (Lipinski definition) is 1. The van der Waals surface area contributed by atoms with Crippen LogP contribution >= 0.6 is 0 Å². The highest BCUT2D eigenvalue weighted by Gasteiger charge is 2.50. The number of nitrogens with one attached hydrogen (secondary N) is 1. The molecule has 0 aromatic rings. The van der Waals surface area contributed by atoms with Crippen molar-refractivity contribution in [3.05, 3.63) is 0 Å². The average molecular weight is 294 g/mol. The molecule has 1 aliphatic carbocycles. The molecule has 2 rings (SSSR count). The summed E-state index contributed by atoms with van der Waals surface area (Å²) in [7, 11) is 0. The molecule has 21 heavy (non-hydrogen) atoms. The highest BCUT2D eigenvalue weighted by molar-refractivity contribution is 6.00. The maximum Gasteiger partial charge on any atom is 0.249 e. The van der Waals surface area contributed by atoms with Crippen LogP contribution in [-0.4, -0.2) is 34.3 Å². The first kappa shape index (κ1) is 16.3. The predicted molar refractivity (Wildman–Crippen MR) is 83.8 cm³/mol. The lowest BCUT2D eigenvalue weighted by Gasteiger charge is -2.49. The topological polar surface area (TPSA) is 49.4 Å². The number of nitrogens with zero attached hydrogens (tertiary/aromatic N) is 1. The third-order valence-corrected chi connectivity index (χ3v) is 5.62. The van der Waals surface area contributed by atoms with E-state index in [0.717, 1.165) is 31.6 Å². The predicted octanol–water partition coefficient (Wildman–Crippen LogP) is 2.86. The van der Waals surface area contributed by atoms with Crippen LogP contribution in [-0.2, 0) is 9.59 Å². The van der Waals surface area contributed by atoms with Crippen LogP contribution in [0.1, 0.15) is 72.6 Å². The second-order valence-electron chi connectivity index (χ2n) is 6.83. The number of piperazine rings is 1. The van der Waals surface area contributed by atoms with Crippen LogP contribution in [0.3, 0.4) is 0 Å². The molecule has 0 aromatic carbocycles. The summed E-state index contributed by atoms with van der Waals surface area (Å²) < 4.78 is 0. The van der Waals surface area contributed by atoms with Crippen LogP contribution in [0.4, 0.5) is 0 Å². The molecule has 2 fully saturated rings. The van der Waals surface area contributed by atoms with Gasteiger partial charge in [-0.3, -0.25) is 9.59 Å². The minimum Gasteiger partial charge on any atom is -0.340 e. The highest BCUT2D eigenvalue weighted by atomic mass is 16.2. The molecule has 1 unspecified atom stereocenters. The van der Waals surface area contributed by atoms with Gasteiger partial charge in [0.25, 0.3) is 0 Å². The lowest BCUT2D eigenvalue weighted by Crippen LogP contribution is -2.71. The van der Waals surface area contributed by atoms with E-state index >= 15 is 0 Å². The average Bonchev–Trinajstić information content (AvgIpc) is 2.50. The van der Waals surface area contributed by atoms with Gasteiger partial charge in [0.2, 0.25) is 11.8 Å². The fourth-order valence-electron chi connectivity index (χ4n) is 3.94. The molecular formula is C17H30N2O2. The van der Waals surface area contributed by atoms with Gasteiger partial charge in [0.1, 0.15) is 11.6 Å². The van der Waals surface area contributed by atoms with E-state index in [0.29, 0.717) is 19.3 Å². The van der Waals surface area contributed by atoms with Gasteiger partial charge in [0, 0.05) is 6.04 Å². The van der Waals surface area contributed by atoms with E-state index in [4.69, 9.17) is 0 Å². The lowest BCUT2D eigenvalue weighted by atomic mass is 9.81. The van der Waals surface area contributed by atoms with Crippen LogP contribution in [0.25, 0.3) is 0 Å². The molecule has 1 atom stereocenters. The maximum absolute atomic E-state index is 13.1. The van der Waals surface area contributed by atoms with Crippen molar-refractivity contribution in [3.8, 4) is 0 Å². The van der Waals surface area contributed by atoms with Crippen molar-refractivity contribution in [2.75, 3.05) is 0 Å². The number of carbonyl (C=O) groups is 2. The van der Waals surface area contributed by atoms with Crippen LogP contribution < -0.4 is 5.32 Å². The molecule has 2 amide bonds. The van der Waals surface area contributed by atoms with Crippen LogP contribution in [0.15, 0.2) is 0 Å². The quantitative estimate of drug-likeness (QED) is 0.866. The Balaban J connectivity index is 2.29. The number of amides is 2. The van der Waals surface area contributed by atoms with Crippen molar-refractivity contribution in [1.82, 2.24) is 10.2 Å². The van der Waals surface area contributed by atoms with E-state index in [9.17, 15) is 9.59 Å². The summed E-state index contributed by atoms with van der Waals surface area (Å²) in [5, 5.41) is 3.03. The number of rotatable bonds is 4. The Labute approximate surface area is 128 Å². The first-order valence-corrected chi connectivity index (χ1v) is 8.63. The molecule has 1 saturated carbocycles. The Hall–Kier alpha value is -1.06. The fourth-order valence-corrected chi connectivity index (χ4v) is 3.94. The van der Waals surface area contributed by atoms with Crippen molar-refractivity contribution in [2.45, 2.75) is 90.3 Å². The lowest BCUT2D eigenvalue weighted by molar-refractivity contribution is -0.159. The third kappa shape index (κ3) is 2.82. The van der Waals surface area contributed by atoms with E-state index in [-0.39, 0.29) is 23.9 Å². The summed E-state index contributed by atoms with van der Waals surface area (Å²) in [6.07, 6.45) is 6.46. The summed E-state index contributed by atoms with van der Waals surface area (Å²) in [5.74, 6) is 0.940. The molecule has 1 aliphatic heterocycles. The molecule has 0 radical (unpaired) electrons. The highest BCUT2D eigenvalue weighted by Crippen LogP contribution is 2.34. The van der Waals surface area contributed by atoms with Crippen LogP contribution in [0, 0.1) is 5.92 Å². The minimum atomic E-state index is -0.675. The molecule has 0 bridgehead atoms. The summed E-state index contributed by atoms with van der Waals surface area (Å²) in [6.45, 7) is 8.27. The molecule has 1 saturated heterocycles. The van der Waals surface area contributed by atoms with Gasteiger partial charge in [-0.25, -0.2) is 0 Å². The summed E-state index contributed by atoms with van der Waals surface area (Å²) in [4.78, 5) is 27.6. The molecule has 1 heterocycles. The van der Waals surface area contributed by atoms with Gasteiger partial charge < -0.3 is 10.2 Å². The molecule has 120 valence electrons. The smallest absolute Gasteiger partial charge is 0.249 e. The second kappa shape index (κ2) is 6.37. The molecule has 4 nitrogen and oxygen atoms in total. The Morgan fingerprint density at radius 1 is 1.10 bits per heavy atom. The second-order valence-corrected chi connectivity index (χ2v) is 6.83. The normalized spacial score (nSPS) is 33.0. The molecule has 0 spiro atoms. The SMILES string of the molecule is CCC1C(=O)NC(CC)(CC)C(=O)N1C1CCC(C)CC1. The zero-order valence-electron chi connectivity index (χ0n) is 13.9. The molecule has 1 N–H and O–H groups in total. The maximum atomic E-state index is 13.1. The van der Waals surface area contributed by atoms with Gasteiger partial charge in [-0.15, -0.1) is 0 Å². The van der Waals surface area contributed by atoms with Gasteiger partial charge in [0.15, 0.2) is 0 Å². The Morgan fingerprint density at radius 2 is 1.67 bits per heavy atom. The van der Waals surface area contributed by atoms with Gasteiger partial charge in [0.05, 0.1) is 0 Å². The van der Waals surface area contributed by atoms with E-state index in [1.165, 1.54) is 0 Å². The zero-order chi connectivity index (χ0) is 15.6. The number of carbonyl (C=O) groups excluding carboxylic acids is 2. The monoisotopic (exact) mass is 294 g/mol. The molecule has 0 aromatic heterocycles. The van der Waals surface area contributed by atoms with E-state index in [1.54, 1.807) is 0 Å². The van der Waals surface area contributed by atoms with Gasteiger partial charge in [-0.1, -0.05) is 27.7 Å². The molecule has 2 aliphatic rings. The molecule has 4 heteroatoms. The first-order valence-electron chi connectivity index (χ1n) is 8.63. The van der Waals surface area contributed by atoms with E-state index < -0.39 is 5.54 Å². The van der Waals surface area contributed by atoms with Crippen molar-refractivity contribution in [1.29, 1.82) is 0 Å². The van der Waals surface area contributed by atoms with Crippen molar-refractivity contribution >= 4 is 11.8 Å². The zero-order valence-corrected chi connectivity index (χ0v) is 13.9. The third-order valence-electron chi connectivity index (χ3n) is 5.62. The van der Waals surface area contributed by atoms with Crippen molar-refractivity contribution < 1.29 is 9.59 Å².